The highest BCUT2D eigenvalue weighted by atomic mass is 16.2. The molecule has 0 bridgehead atoms. The van der Waals surface area contributed by atoms with E-state index in [0.717, 1.165) is 16.7 Å². The molecule has 0 saturated heterocycles. The minimum Gasteiger partial charge on any atom is -0.353 e. The standard InChI is InChI=1S/C20H21N5O3/c1-2-15-5-7-16(8-6-15)17-9-10-20(28)25(23-17)14-18(26)21-12-13-24-19(27)4-3-11-22-24/h3-11H,2,12-14H2,1H3,(H,21,26). The molecule has 1 aromatic carbocycles. The third-order valence-electron chi connectivity index (χ3n) is 4.25. The maximum Gasteiger partial charge on any atom is 0.267 e. The fourth-order valence-electron chi connectivity index (χ4n) is 2.68. The van der Waals surface area contributed by atoms with E-state index >= 15 is 0 Å². The normalized spacial score (nSPS) is 10.6. The number of nitrogens with one attached hydrogen (secondary N) is 1. The molecular formula is C20H21N5O3. The van der Waals surface area contributed by atoms with Gasteiger partial charge in [-0.1, -0.05) is 31.2 Å². The van der Waals surface area contributed by atoms with Crippen molar-refractivity contribution in [2.45, 2.75) is 26.4 Å². The van der Waals surface area contributed by atoms with Crippen LogP contribution in [0.1, 0.15) is 12.5 Å². The smallest absolute Gasteiger partial charge is 0.267 e. The first-order valence-electron chi connectivity index (χ1n) is 9.03. The molecule has 28 heavy (non-hydrogen) atoms. The van der Waals surface area contributed by atoms with Crippen molar-refractivity contribution in [1.82, 2.24) is 24.9 Å². The van der Waals surface area contributed by atoms with Gasteiger partial charge in [-0.3, -0.25) is 14.4 Å². The fraction of sp³-hybridized carbons (Fsp3) is 0.250. The molecule has 1 amide bonds. The van der Waals surface area contributed by atoms with Crippen LogP contribution in [0.3, 0.4) is 0 Å². The average molecular weight is 379 g/mol. The number of carbonyl (C=O) groups excluding carboxylic acids is 1. The van der Waals surface area contributed by atoms with Gasteiger partial charge in [0.05, 0.1) is 12.2 Å². The summed E-state index contributed by atoms with van der Waals surface area (Å²) in [5.74, 6) is -0.364. The van der Waals surface area contributed by atoms with Crippen molar-refractivity contribution in [3.05, 3.63) is 81.0 Å². The Morgan fingerprint density at radius 2 is 1.75 bits per heavy atom. The molecule has 2 aromatic heterocycles. The lowest BCUT2D eigenvalue weighted by atomic mass is 10.1. The van der Waals surface area contributed by atoms with Crippen molar-refractivity contribution in [3.63, 3.8) is 0 Å². The molecule has 0 aliphatic heterocycles. The Labute approximate surface area is 161 Å². The molecule has 0 aliphatic rings. The van der Waals surface area contributed by atoms with Gasteiger partial charge in [-0.05, 0) is 24.1 Å². The summed E-state index contributed by atoms with van der Waals surface area (Å²) in [5, 5.41) is 10.9. The molecule has 0 aliphatic carbocycles. The maximum absolute atomic E-state index is 12.2. The summed E-state index contributed by atoms with van der Waals surface area (Å²) in [5.41, 5.74) is 2.11. The predicted octanol–water partition coefficient (Wildman–Crippen LogP) is 0.846. The molecule has 0 unspecified atom stereocenters. The van der Waals surface area contributed by atoms with E-state index in [-0.39, 0.29) is 36.7 Å². The number of hydrogen-bond donors (Lipinski definition) is 1. The van der Waals surface area contributed by atoms with Crippen molar-refractivity contribution < 1.29 is 4.79 Å². The van der Waals surface area contributed by atoms with Gasteiger partial charge in [0.15, 0.2) is 0 Å². The highest BCUT2D eigenvalue weighted by molar-refractivity contribution is 5.75. The van der Waals surface area contributed by atoms with Gasteiger partial charge in [0.25, 0.3) is 11.1 Å². The van der Waals surface area contributed by atoms with E-state index in [1.165, 1.54) is 28.6 Å². The van der Waals surface area contributed by atoms with Crippen LogP contribution in [0.25, 0.3) is 11.3 Å². The van der Waals surface area contributed by atoms with Crippen molar-refractivity contribution in [1.29, 1.82) is 0 Å². The topological polar surface area (TPSA) is 98.9 Å². The molecule has 0 radical (unpaired) electrons. The molecule has 3 rings (SSSR count). The van der Waals surface area contributed by atoms with Gasteiger partial charge in [-0.25, -0.2) is 9.36 Å². The lowest BCUT2D eigenvalue weighted by Crippen LogP contribution is -2.36. The lowest BCUT2D eigenvalue weighted by Gasteiger charge is -2.09. The minimum absolute atomic E-state index is 0.198. The Morgan fingerprint density at radius 1 is 1.00 bits per heavy atom. The van der Waals surface area contributed by atoms with Crippen LogP contribution in [0.4, 0.5) is 0 Å². The van der Waals surface area contributed by atoms with Gasteiger partial charge in [0, 0.05) is 30.4 Å². The number of nitrogens with zero attached hydrogens (tertiary/aromatic N) is 4. The molecule has 0 saturated carbocycles. The highest BCUT2D eigenvalue weighted by Crippen LogP contribution is 2.16. The molecule has 0 fully saturated rings. The molecule has 0 spiro atoms. The molecule has 8 heteroatoms. The molecule has 0 atom stereocenters. The zero-order valence-corrected chi connectivity index (χ0v) is 15.5. The van der Waals surface area contributed by atoms with E-state index < -0.39 is 0 Å². The Hall–Kier alpha value is -3.55. The quantitative estimate of drug-likeness (QED) is 0.656. The van der Waals surface area contributed by atoms with Gasteiger partial charge < -0.3 is 5.32 Å². The number of aryl methyl sites for hydroxylation is 1. The third kappa shape index (κ3) is 4.79. The van der Waals surface area contributed by atoms with Crippen LogP contribution in [0, 0.1) is 0 Å². The summed E-state index contributed by atoms with van der Waals surface area (Å²) in [6.45, 7) is 2.35. The summed E-state index contributed by atoms with van der Waals surface area (Å²) in [7, 11) is 0. The SMILES string of the molecule is CCc1ccc(-c2ccc(=O)n(CC(=O)NCCn3ncccc3=O)n2)cc1. The zero-order chi connectivity index (χ0) is 19.9. The second-order valence-corrected chi connectivity index (χ2v) is 6.20. The summed E-state index contributed by atoms with van der Waals surface area (Å²) in [6.07, 6.45) is 2.45. The van der Waals surface area contributed by atoms with Gasteiger partial charge >= 0.3 is 0 Å². The van der Waals surface area contributed by atoms with Crippen LogP contribution in [-0.4, -0.2) is 32.0 Å². The highest BCUT2D eigenvalue weighted by Gasteiger charge is 2.08. The Bertz CT molecular complexity index is 1070. The molecule has 1 N–H and O–H groups in total. The van der Waals surface area contributed by atoms with Crippen LogP contribution in [-0.2, 0) is 24.3 Å². The summed E-state index contributed by atoms with van der Waals surface area (Å²) >= 11 is 0. The van der Waals surface area contributed by atoms with E-state index in [4.69, 9.17) is 0 Å². The van der Waals surface area contributed by atoms with Crippen molar-refractivity contribution in [3.8, 4) is 11.3 Å². The molecule has 8 nitrogen and oxygen atoms in total. The Balaban J connectivity index is 1.64. The first-order valence-corrected chi connectivity index (χ1v) is 9.03. The number of hydrogen-bond acceptors (Lipinski definition) is 5. The van der Waals surface area contributed by atoms with Crippen LogP contribution in [0.15, 0.2) is 64.3 Å². The Kier molecular flexibility index (Phi) is 6.11. The zero-order valence-electron chi connectivity index (χ0n) is 15.5. The lowest BCUT2D eigenvalue weighted by molar-refractivity contribution is -0.121. The molecule has 3 aromatic rings. The second-order valence-electron chi connectivity index (χ2n) is 6.20. The van der Waals surface area contributed by atoms with E-state index in [0.29, 0.717) is 5.69 Å². The van der Waals surface area contributed by atoms with Crippen LogP contribution in [0.2, 0.25) is 0 Å². The monoisotopic (exact) mass is 379 g/mol. The summed E-state index contributed by atoms with van der Waals surface area (Å²) in [4.78, 5) is 35.8. The minimum atomic E-state index is -0.364. The number of aromatic nitrogens is 4. The third-order valence-corrected chi connectivity index (χ3v) is 4.25. The van der Waals surface area contributed by atoms with Crippen molar-refractivity contribution in [2.24, 2.45) is 0 Å². The number of benzene rings is 1. The van der Waals surface area contributed by atoms with Crippen LogP contribution < -0.4 is 16.4 Å². The van der Waals surface area contributed by atoms with Crippen molar-refractivity contribution in [2.75, 3.05) is 6.54 Å². The number of rotatable bonds is 7. The average Bonchev–Trinajstić information content (AvgIpc) is 2.71. The van der Waals surface area contributed by atoms with E-state index in [1.807, 2.05) is 24.3 Å². The number of amides is 1. The predicted molar refractivity (Wildman–Crippen MR) is 105 cm³/mol. The second kappa shape index (κ2) is 8.90. The van der Waals surface area contributed by atoms with E-state index in [2.05, 4.69) is 22.4 Å². The van der Waals surface area contributed by atoms with Crippen LogP contribution >= 0.6 is 0 Å². The number of carbonyl (C=O) groups is 1. The first-order chi connectivity index (χ1) is 13.6. The molecular weight excluding hydrogens is 358 g/mol. The van der Waals surface area contributed by atoms with Gasteiger partial charge in [0.2, 0.25) is 5.91 Å². The van der Waals surface area contributed by atoms with Crippen molar-refractivity contribution >= 4 is 5.91 Å². The van der Waals surface area contributed by atoms with E-state index in [9.17, 15) is 14.4 Å². The van der Waals surface area contributed by atoms with Gasteiger partial charge in [-0.15, -0.1) is 0 Å². The van der Waals surface area contributed by atoms with Gasteiger partial charge in [-0.2, -0.15) is 10.2 Å². The van der Waals surface area contributed by atoms with Gasteiger partial charge in [0.1, 0.15) is 6.54 Å². The largest absolute Gasteiger partial charge is 0.353 e. The maximum atomic E-state index is 12.2. The first kappa shape index (κ1) is 19.2. The summed E-state index contributed by atoms with van der Waals surface area (Å²) in [6, 6.07) is 13.9. The summed E-state index contributed by atoms with van der Waals surface area (Å²) < 4.78 is 2.39. The molecule has 144 valence electrons. The van der Waals surface area contributed by atoms with E-state index in [1.54, 1.807) is 12.1 Å². The van der Waals surface area contributed by atoms with Crippen LogP contribution in [0.5, 0.6) is 0 Å². The fourth-order valence-corrected chi connectivity index (χ4v) is 2.68. The Morgan fingerprint density at radius 3 is 2.46 bits per heavy atom. The molecule has 2 heterocycles.